The van der Waals surface area contributed by atoms with Crippen molar-refractivity contribution < 1.29 is 9.53 Å². The molecule has 3 rings (SSSR count). The average Bonchev–Trinajstić information content (AvgIpc) is 2.53. The number of benzene rings is 2. The number of rotatable bonds is 4. The second-order valence-electron chi connectivity index (χ2n) is 4.58. The van der Waals surface area contributed by atoms with Crippen LogP contribution in [0.1, 0.15) is 15.9 Å². The van der Waals surface area contributed by atoms with Crippen molar-refractivity contribution in [3.63, 3.8) is 0 Å². The van der Waals surface area contributed by atoms with E-state index in [2.05, 4.69) is 4.98 Å². The van der Waals surface area contributed by atoms with Crippen molar-refractivity contribution >= 4 is 28.8 Å². The van der Waals surface area contributed by atoms with E-state index in [1.54, 1.807) is 24.4 Å². The summed E-state index contributed by atoms with van der Waals surface area (Å²) in [4.78, 5) is 15.4. The van der Waals surface area contributed by atoms with Gasteiger partial charge in [0.1, 0.15) is 12.4 Å². The Morgan fingerprint density at radius 3 is 2.86 bits per heavy atom. The van der Waals surface area contributed by atoms with E-state index in [4.69, 9.17) is 16.3 Å². The van der Waals surface area contributed by atoms with Crippen LogP contribution in [0.3, 0.4) is 0 Å². The highest BCUT2D eigenvalue weighted by molar-refractivity contribution is 6.30. The number of hydrogen-bond acceptors (Lipinski definition) is 3. The summed E-state index contributed by atoms with van der Waals surface area (Å²) in [6.45, 7) is 0.344. The van der Waals surface area contributed by atoms with Gasteiger partial charge in [0.25, 0.3) is 0 Å². The maximum Gasteiger partial charge on any atom is 0.153 e. The van der Waals surface area contributed by atoms with Gasteiger partial charge in [-0.2, -0.15) is 0 Å². The number of nitrogens with zero attached hydrogens (tertiary/aromatic N) is 1. The van der Waals surface area contributed by atoms with Crippen LogP contribution in [0.4, 0.5) is 0 Å². The maximum atomic E-state index is 11.1. The van der Waals surface area contributed by atoms with Crippen LogP contribution in [0.5, 0.6) is 5.75 Å². The zero-order chi connectivity index (χ0) is 14.7. The van der Waals surface area contributed by atoms with E-state index >= 15 is 0 Å². The van der Waals surface area contributed by atoms with E-state index < -0.39 is 0 Å². The minimum Gasteiger partial charge on any atom is -0.488 e. The van der Waals surface area contributed by atoms with Gasteiger partial charge in [-0.25, -0.2) is 0 Å². The summed E-state index contributed by atoms with van der Waals surface area (Å²) < 4.78 is 5.75. The second-order valence-corrected chi connectivity index (χ2v) is 5.02. The van der Waals surface area contributed by atoms with E-state index in [1.165, 1.54) is 0 Å². The van der Waals surface area contributed by atoms with Crippen LogP contribution >= 0.6 is 11.6 Å². The molecule has 2 aromatic carbocycles. The summed E-state index contributed by atoms with van der Waals surface area (Å²) in [5, 5.41) is 1.57. The molecule has 0 unspecified atom stereocenters. The first-order valence-corrected chi connectivity index (χ1v) is 6.86. The molecule has 0 aliphatic rings. The molecule has 0 bridgehead atoms. The topological polar surface area (TPSA) is 39.2 Å². The predicted octanol–water partition coefficient (Wildman–Crippen LogP) is 4.28. The van der Waals surface area contributed by atoms with E-state index in [0.29, 0.717) is 22.9 Å². The van der Waals surface area contributed by atoms with Crippen molar-refractivity contribution in [2.24, 2.45) is 0 Å². The van der Waals surface area contributed by atoms with Crippen molar-refractivity contribution in [2.75, 3.05) is 0 Å². The van der Waals surface area contributed by atoms with Gasteiger partial charge in [-0.3, -0.25) is 9.78 Å². The van der Waals surface area contributed by atoms with Crippen molar-refractivity contribution in [3.05, 3.63) is 70.9 Å². The monoisotopic (exact) mass is 297 g/mol. The van der Waals surface area contributed by atoms with Crippen LogP contribution in [0.2, 0.25) is 5.02 Å². The van der Waals surface area contributed by atoms with Crippen LogP contribution in [-0.2, 0) is 6.61 Å². The Kier molecular flexibility index (Phi) is 3.84. The molecule has 4 heteroatoms. The van der Waals surface area contributed by atoms with Crippen LogP contribution in [0, 0.1) is 0 Å². The molecule has 0 amide bonds. The third kappa shape index (κ3) is 2.88. The molecule has 0 saturated heterocycles. The number of para-hydroxylation sites is 1. The van der Waals surface area contributed by atoms with Crippen molar-refractivity contribution in [3.8, 4) is 5.75 Å². The van der Waals surface area contributed by atoms with Crippen LogP contribution in [-0.4, -0.2) is 11.3 Å². The minimum absolute atomic E-state index is 0.344. The summed E-state index contributed by atoms with van der Waals surface area (Å²) >= 11 is 5.87. The Hall–Kier alpha value is -2.39. The van der Waals surface area contributed by atoms with Crippen LogP contribution < -0.4 is 4.74 Å². The molecule has 3 aromatic rings. The highest BCUT2D eigenvalue weighted by Gasteiger charge is 2.06. The number of hydrogen-bond donors (Lipinski definition) is 0. The molecular formula is C17H12ClNO2. The molecule has 0 saturated carbocycles. The third-order valence-electron chi connectivity index (χ3n) is 3.20. The number of halogens is 1. The van der Waals surface area contributed by atoms with Gasteiger partial charge >= 0.3 is 0 Å². The first-order chi connectivity index (χ1) is 10.3. The molecule has 1 heterocycles. The zero-order valence-corrected chi connectivity index (χ0v) is 11.9. The number of aromatic nitrogens is 1. The summed E-state index contributed by atoms with van der Waals surface area (Å²) in [6, 6.07) is 14.8. The van der Waals surface area contributed by atoms with E-state index in [0.717, 1.165) is 22.8 Å². The predicted molar refractivity (Wildman–Crippen MR) is 82.9 cm³/mol. The Labute approximate surface area is 127 Å². The number of ether oxygens (including phenoxy) is 1. The average molecular weight is 298 g/mol. The fourth-order valence-electron chi connectivity index (χ4n) is 2.18. The molecule has 0 N–H and O–H groups in total. The smallest absolute Gasteiger partial charge is 0.153 e. The molecule has 1 aromatic heterocycles. The van der Waals surface area contributed by atoms with E-state index in [9.17, 15) is 4.79 Å². The van der Waals surface area contributed by atoms with Crippen LogP contribution in [0.25, 0.3) is 10.9 Å². The number of fused-ring (bicyclic) bond motifs is 1. The van der Waals surface area contributed by atoms with Crippen molar-refractivity contribution in [1.29, 1.82) is 0 Å². The SMILES string of the molecule is O=Cc1cc(Cl)ccc1OCc1cccc2cccnc12. The Morgan fingerprint density at radius 1 is 1.14 bits per heavy atom. The van der Waals surface area contributed by atoms with E-state index in [1.807, 2.05) is 30.3 Å². The van der Waals surface area contributed by atoms with Gasteiger partial charge in [0.15, 0.2) is 6.29 Å². The highest BCUT2D eigenvalue weighted by atomic mass is 35.5. The van der Waals surface area contributed by atoms with Gasteiger partial charge in [-0.15, -0.1) is 0 Å². The molecule has 3 nitrogen and oxygen atoms in total. The number of pyridine rings is 1. The highest BCUT2D eigenvalue weighted by Crippen LogP contribution is 2.23. The van der Waals surface area contributed by atoms with Gasteiger partial charge in [-0.1, -0.05) is 35.9 Å². The van der Waals surface area contributed by atoms with Gasteiger partial charge in [0.2, 0.25) is 0 Å². The second kappa shape index (κ2) is 5.94. The summed E-state index contributed by atoms with van der Waals surface area (Å²) in [5.41, 5.74) is 2.32. The molecule has 104 valence electrons. The number of carbonyl (C=O) groups excluding carboxylic acids is 1. The maximum absolute atomic E-state index is 11.1. The fraction of sp³-hybridized carbons (Fsp3) is 0.0588. The summed E-state index contributed by atoms with van der Waals surface area (Å²) in [5.74, 6) is 0.516. The lowest BCUT2D eigenvalue weighted by molar-refractivity contribution is 0.111. The quantitative estimate of drug-likeness (QED) is 0.675. The molecule has 0 fully saturated rings. The van der Waals surface area contributed by atoms with Crippen molar-refractivity contribution in [1.82, 2.24) is 4.98 Å². The van der Waals surface area contributed by atoms with E-state index in [-0.39, 0.29) is 0 Å². The Morgan fingerprint density at radius 2 is 2.00 bits per heavy atom. The molecule has 0 atom stereocenters. The summed E-state index contributed by atoms with van der Waals surface area (Å²) in [7, 11) is 0. The Bertz CT molecular complexity index is 796. The van der Waals surface area contributed by atoms with Gasteiger partial charge < -0.3 is 4.74 Å². The molecule has 0 aliphatic carbocycles. The largest absolute Gasteiger partial charge is 0.488 e. The molecule has 21 heavy (non-hydrogen) atoms. The first-order valence-electron chi connectivity index (χ1n) is 6.48. The number of aldehydes is 1. The number of carbonyl (C=O) groups is 1. The fourth-order valence-corrected chi connectivity index (χ4v) is 2.36. The standard InChI is InChI=1S/C17H12ClNO2/c18-15-6-7-16(14(9-15)10-20)21-11-13-4-1-3-12-5-2-8-19-17(12)13/h1-10H,11H2. The lowest BCUT2D eigenvalue weighted by Gasteiger charge is -2.10. The van der Waals surface area contributed by atoms with Gasteiger partial charge in [0.05, 0.1) is 11.1 Å². The molecule has 0 aliphatic heterocycles. The molecule has 0 spiro atoms. The minimum atomic E-state index is 0.344. The van der Waals surface area contributed by atoms with Gasteiger partial charge in [-0.05, 0) is 24.3 Å². The molecule has 0 radical (unpaired) electrons. The van der Waals surface area contributed by atoms with Gasteiger partial charge in [0, 0.05) is 22.2 Å². The zero-order valence-electron chi connectivity index (χ0n) is 11.1. The lowest BCUT2D eigenvalue weighted by Crippen LogP contribution is -1.99. The first kappa shape index (κ1) is 13.6. The van der Waals surface area contributed by atoms with Crippen molar-refractivity contribution in [2.45, 2.75) is 6.61 Å². The summed E-state index contributed by atoms with van der Waals surface area (Å²) in [6.07, 6.45) is 2.49. The Balaban J connectivity index is 1.89. The lowest BCUT2D eigenvalue weighted by atomic mass is 10.1. The molecular weight excluding hydrogens is 286 g/mol. The van der Waals surface area contributed by atoms with Crippen LogP contribution in [0.15, 0.2) is 54.7 Å². The third-order valence-corrected chi connectivity index (χ3v) is 3.43. The normalized spacial score (nSPS) is 10.5.